The predicted octanol–water partition coefficient (Wildman–Crippen LogP) is 3.67. The van der Waals surface area contributed by atoms with Crippen molar-refractivity contribution >= 4 is 23.3 Å². The average molecular weight is 308 g/mol. The molecule has 0 saturated carbocycles. The van der Waals surface area contributed by atoms with E-state index < -0.39 is 10.9 Å². The SMILES string of the molecule is O=C(O)Cc1ccc(Oc2cc(Cl)ccc2[N+](=O)[O-])cc1. The summed E-state index contributed by atoms with van der Waals surface area (Å²) >= 11 is 5.80. The van der Waals surface area contributed by atoms with Crippen LogP contribution < -0.4 is 4.74 Å². The zero-order chi connectivity index (χ0) is 15.4. The van der Waals surface area contributed by atoms with E-state index in [0.29, 0.717) is 16.3 Å². The molecule has 0 heterocycles. The molecule has 2 aromatic rings. The second kappa shape index (κ2) is 6.23. The molecule has 0 spiro atoms. The van der Waals surface area contributed by atoms with E-state index in [1.165, 1.54) is 18.2 Å². The highest BCUT2D eigenvalue weighted by atomic mass is 35.5. The molecule has 0 saturated heterocycles. The second-order valence-corrected chi connectivity index (χ2v) is 4.62. The fraction of sp³-hybridized carbons (Fsp3) is 0.0714. The summed E-state index contributed by atoms with van der Waals surface area (Å²) < 4.78 is 5.44. The number of nitro groups is 1. The minimum atomic E-state index is -0.936. The molecule has 0 aliphatic heterocycles. The molecule has 0 atom stereocenters. The highest BCUT2D eigenvalue weighted by Gasteiger charge is 2.16. The summed E-state index contributed by atoms with van der Waals surface area (Å²) in [7, 11) is 0. The third-order valence-electron chi connectivity index (χ3n) is 2.63. The molecular formula is C14H10ClNO5. The molecule has 0 unspecified atom stereocenters. The van der Waals surface area contributed by atoms with Crippen molar-refractivity contribution in [2.75, 3.05) is 0 Å². The number of carbonyl (C=O) groups is 1. The molecule has 6 nitrogen and oxygen atoms in total. The van der Waals surface area contributed by atoms with Crippen molar-refractivity contribution in [1.29, 1.82) is 0 Å². The Balaban J connectivity index is 2.23. The first-order chi connectivity index (χ1) is 9.95. The van der Waals surface area contributed by atoms with Gasteiger partial charge in [-0.1, -0.05) is 23.7 Å². The van der Waals surface area contributed by atoms with Crippen molar-refractivity contribution in [1.82, 2.24) is 0 Å². The number of aliphatic carboxylic acids is 1. The minimum Gasteiger partial charge on any atom is -0.481 e. The highest BCUT2D eigenvalue weighted by Crippen LogP contribution is 2.33. The van der Waals surface area contributed by atoms with Crippen molar-refractivity contribution in [3.63, 3.8) is 0 Å². The number of carboxylic acids is 1. The third-order valence-corrected chi connectivity index (χ3v) is 2.86. The molecule has 0 aliphatic carbocycles. The van der Waals surface area contributed by atoms with Crippen LogP contribution in [0.1, 0.15) is 5.56 Å². The highest BCUT2D eigenvalue weighted by molar-refractivity contribution is 6.30. The average Bonchev–Trinajstić information content (AvgIpc) is 2.40. The Morgan fingerprint density at radius 1 is 1.24 bits per heavy atom. The lowest BCUT2D eigenvalue weighted by molar-refractivity contribution is -0.385. The number of benzene rings is 2. The monoisotopic (exact) mass is 307 g/mol. The summed E-state index contributed by atoms with van der Waals surface area (Å²) in [5.74, 6) is -0.554. The smallest absolute Gasteiger partial charge is 0.311 e. The maximum atomic E-state index is 10.9. The van der Waals surface area contributed by atoms with Gasteiger partial charge in [-0.3, -0.25) is 14.9 Å². The van der Waals surface area contributed by atoms with Crippen LogP contribution in [0.15, 0.2) is 42.5 Å². The molecule has 2 rings (SSSR count). The van der Waals surface area contributed by atoms with Gasteiger partial charge in [0.25, 0.3) is 0 Å². The lowest BCUT2D eigenvalue weighted by Crippen LogP contribution is -1.99. The number of rotatable bonds is 5. The number of nitrogens with zero attached hydrogens (tertiary/aromatic N) is 1. The van der Waals surface area contributed by atoms with Crippen LogP contribution in [-0.2, 0) is 11.2 Å². The van der Waals surface area contributed by atoms with Gasteiger partial charge in [0, 0.05) is 17.2 Å². The zero-order valence-electron chi connectivity index (χ0n) is 10.7. The van der Waals surface area contributed by atoms with Crippen LogP contribution in [0, 0.1) is 10.1 Å². The van der Waals surface area contributed by atoms with E-state index in [0.717, 1.165) is 0 Å². The first-order valence-corrected chi connectivity index (χ1v) is 6.26. The largest absolute Gasteiger partial charge is 0.481 e. The molecule has 0 fully saturated rings. The maximum Gasteiger partial charge on any atom is 0.311 e. The summed E-state index contributed by atoms with van der Waals surface area (Å²) in [6.07, 6.45) is -0.0996. The van der Waals surface area contributed by atoms with Crippen molar-refractivity contribution in [2.45, 2.75) is 6.42 Å². The van der Waals surface area contributed by atoms with Crippen LogP contribution in [0.5, 0.6) is 11.5 Å². The van der Waals surface area contributed by atoms with Crippen LogP contribution >= 0.6 is 11.6 Å². The molecule has 1 N–H and O–H groups in total. The Labute approximate surface area is 124 Å². The molecule has 7 heteroatoms. The number of hydrogen-bond donors (Lipinski definition) is 1. The fourth-order valence-corrected chi connectivity index (χ4v) is 1.86. The van der Waals surface area contributed by atoms with Crippen LogP contribution in [0.4, 0.5) is 5.69 Å². The van der Waals surface area contributed by atoms with E-state index in [1.807, 2.05) is 0 Å². The zero-order valence-corrected chi connectivity index (χ0v) is 11.4. The predicted molar refractivity (Wildman–Crippen MR) is 76.0 cm³/mol. The minimum absolute atomic E-state index is 0.0264. The van der Waals surface area contributed by atoms with Crippen molar-refractivity contribution in [2.24, 2.45) is 0 Å². The Morgan fingerprint density at radius 3 is 2.48 bits per heavy atom. The molecule has 0 aliphatic rings. The van der Waals surface area contributed by atoms with Crippen molar-refractivity contribution in [3.8, 4) is 11.5 Å². The van der Waals surface area contributed by atoms with Crippen LogP contribution in [0.25, 0.3) is 0 Å². The van der Waals surface area contributed by atoms with Gasteiger partial charge >= 0.3 is 11.7 Å². The van der Waals surface area contributed by atoms with Gasteiger partial charge in [-0.25, -0.2) is 0 Å². The van der Waals surface area contributed by atoms with Gasteiger partial charge in [0.05, 0.1) is 11.3 Å². The van der Waals surface area contributed by atoms with Gasteiger partial charge in [-0.2, -0.15) is 0 Å². The molecule has 2 aromatic carbocycles. The molecule has 0 bridgehead atoms. The summed E-state index contributed by atoms with van der Waals surface area (Å²) in [5.41, 5.74) is 0.407. The first kappa shape index (κ1) is 14.8. The van der Waals surface area contributed by atoms with Gasteiger partial charge < -0.3 is 9.84 Å². The van der Waals surface area contributed by atoms with Gasteiger partial charge in [0.15, 0.2) is 0 Å². The first-order valence-electron chi connectivity index (χ1n) is 5.88. The third kappa shape index (κ3) is 3.93. The fourth-order valence-electron chi connectivity index (χ4n) is 1.70. The Kier molecular flexibility index (Phi) is 4.39. The maximum absolute atomic E-state index is 10.9. The van der Waals surface area contributed by atoms with Crippen LogP contribution in [0.3, 0.4) is 0 Å². The summed E-state index contributed by atoms with van der Waals surface area (Å²) in [5, 5.41) is 19.9. The molecular weight excluding hydrogens is 298 g/mol. The van der Waals surface area contributed by atoms with Gasteiger partial charge in [-0.15, -0.1) is 0 Å². The van der Waals surface area contributed by atoms with E-state index in [4.69, 9.17) is 21.4 Å². The van der Waals surface area contributed by atoms with E-state index in [2.05, 4.69) is 0 Å². The Bertz CT molecular complexity index is 684. The van der Waals surface area contributed by atoms with E-state index in [-0.39, 0.29) is 17.9 Å². The number of ether oxygens (including phenoxy) is 1. The van der Waals surface area contributed by atoms with E-state index >= 15 is 0 Å². The number of nitro benzene ring substituents is 1. The Hall–Kier alpha value is -2.60. The summed E-state index contributed by atoms with van der Waals surface area (Å²) in [6, 6.07) is 10.3. The quantitative estimate of drug-likeness (QED) is 0.672. The lowest BCUT2D eigenvalue weighted by Gasteiger charge is -2.07. The van der Waals surface area contributed by atoms with Crippen molar-refractivity contribution < 1.29 is 19.6 Å². The standard InChI is InChI=1S/C14H10ClNO5/c15-10-3-6-12(16(19)20)13(8-10)21-11-4-1-9(2-5-11)7-14(17)18/h1-6,8H,7H2,(H,17,18). The molecule has 108 valence electrons. The lowest BCUT2D eigenvalue weighted by atomic mass is 10.1. The van der Waals surface area contributed by atoms with Crippen LogP contribution in [0.2, 0.25) is 5.02 Å². The number of hydrogen-bond acceptors (Lipinski definition) is 4. The van der Waals surface area contributed by atoms with E-state index in [1.54, 1.807) is 24.3 Å². The molecule has 0 amide bonds. The van der Waals surface area contributed by atoms with Crippen molar-refractivity contribution in [3.05, 3.63) is 63.2 Å². The topological polar surface area (TPSA) is 89.7 Å². The van der Waals surface area contributed by atoms with Gasteiger partial charge in [-0.05, 0) is 23.8 Å². The normalized spacial score (nSPS) is 10.1. The molecule has 21 heavy (non-hydrogen) atoms. The number of halogens is 1. The Morgan fingerprint density at radius 2 is 1.90 bits per heavy atom. The number of carboxylic acid groups (broad SMARTS) is 1. The molecule has 0 aromatic heterocycles. The molecule has 0 radical (unpaired) electrons. The summed E-state index contributed by atoms with van der Waals surface area (Å²) in [4.78, 5) is 20.9. The van der Waals surface area contributed by atoms with Gasteiger partial charge in [0.1, 0.15) is 5.75 Å². The second-order valence-electron chi connectivity index (χ2n) is 4.19. The van der Waals surface area contributed by atoms with Crippen LogP contribution in [-0.4, -0.2) is 16.0 Å². The van der Waals surface area contributed by atoms with Gasteiger partial charge in [0.2, 0.25) is 5.75 Å². The van der Waals surface area contributed by atoms with E-state index in [9.17, 15) is 14.9 Å². The summed E-state index contributed by atoms with van der Waals surface area (Å²) in [6.45, 7) is 0.